The normalized spacial score (nSPS) is 20.0. The number of carbonyl (C=O) groups is 4. The summed E-state index contributed by atoms with van der Waals surface area (Å²) < 4.78 is 47.1. The predicted octanol–water partition coefficient (Wildman–Crippen LogP) is 7.78. The van der Waals surface area contributed by atoms with Crippen LogP contribution in [-0.2, 0) is 30.4 Å². The molecule has 6 aromatic rings. The summed E-state index contributed by atoms with van der Waals surface area (Å²) in [5, 5.41) is 7.06. The second-order valence-electron chi connectivity index (χ2n) is 17.9. The summed E-state index contributed by atoms with van der Waals surface area (Å²) in [5.74, 6) is 1.12. The molecule has 19 heteroatoms. The molecular weight excluding hydrogens is 881 g/mol. The van der Waals surface area contributed by atoms with Crippen molar-refractivity contribution in [1.82, 2.24) is 45.3 Å². The number of amides is 4. The summed E-state index contributed by atoms with van der Waals surface area (Å²) in [6.07, 6.45) is 1.03. The van der Waals surface area contributed by atoms with Crippen LogP contribution in [0.1, 0.15) is 75.0 Å². The summed E-state index contributed by atoms with van der Waals surface area (Å²) in [7, 11) is 2.48. The lowest BCUT2D eigenvalue weighted by Gasteiger charge is -2.33. The number of alkyl carbamates (subject to hydrolysis) is 2. The lowest BCUT2D eigenvalue weighted by molar-refractivity contribution is -0.158. The number of alkyl halides is 2. The molecule has 9 rings (SSSR count). The molecule has 2 saturated heterocycles. The van der Waals surface area contributed by atoms with Crippen LogP contribution in [0.25, 0.3) is 44.2 Å². The van der Waals surface area contributed by atoms with Gasteiger partial charge in [0.15, 0.2) is 0 Å². The molecule has 0 aliphatic carbocycles. The number of likely N-dealkylation sites (tertiary alicyclic amines) is 1. The molecule has 0 unspecified atom stereocenters. The highest BCUT2D eigenvalue weighted by Gasteiger charge is 2.45. The number of aromatic amines is 2. The van der Waals surface area contributed by atoms with Gasteiger partial charge in [-0.05, 0) is 77.1 Å². The first-order chi connectivity index (χ1) is 32.7. The summed E-state index contributed by atoms with van der Waals surface area (Å²) in [4.78, 5) is 74.7. The van der Waals surface area contributed by atoms with Gasteiger partial charge in [0, 0.05) is 23.5 Å². The first kappa shape index (κ1) is 46.0. The number of H-pyrrole nitrogens is 2. The van der Waals surface area contributed by atoms with Gasteiger partial charge < -0.3 is 49.3 Å². The Kier molecular flexibility index (Phi) is 12.8. The molecular formula is C49H53F2N9O8. The third-order valence-electron chi connectivity index (χ3n) is 13.4. The minimum Gasteiger partial charge on any atom is -0.488 e. The quantitative estimate of drug-likeness (QED) is 0.0936. The van der Waals surface area contributed by atoms with Crippen molar-refractivity contribution in [3.05, 3.63) is 102 Å². The van der Waals surface area contributed by atoms with E-state index in [9.17, 15) is 28.0 Å². The summed E-state index contributed by atoms with van der Waals surface area (Å²) in [6, 6.07) is 19.8. The molecule has 0 saturated carbocycles. The summed E-state index contributed by atoms with van der Waals surface area (Å²) >= 11 is 0. The maximum Gasteiger partial charge on any atom is 0.407 e. The van der Waals surface area contributed by atoms with Gasteiger partial charge in [0.05, 0.1) is 49.9 Å². The van der Waals surface area contributed by atoms with Crippen molar-refractivity contribution < 1.29 is 46.9 Å². The molecule has 0 radical (unpaired) electrons. The van der Waals surface area contributed by atoms with E-state index in [1.807, 2.05) is 49.9 Å². The van der Waals surface area contributed by atoms with E-state index in [1.54, 1.807) is 41.4 Å². The number of carbonyl (C=O) groups excluding carboxylic acids is 4. The molecule has 5 heterocycles. The monoisotopic (exact) mass is 933 g/mol. The van der Waals surface area contributed by atoms with Crippen LogP contribution in [0, 0.1) is 11.8 Å². The zero-order valence-electron chi connectivity index (χ0n) is 38.4. The van der Waals surface area contributed by atoms with E-state index in [0.29, 0.717) is 47.0 Å². The van der Waals surface area contributed by atoms with Crippen molar-refractivity contribution in [2.75, 3.05) is 34.2 Å². The summed E-state index contributed by atoms with van der Waals surface area (Å²) in [6.45, 7) is 4.83. The molecule has 0 spiro atoms. The Morgan fingerprint density at radius 3 is 2.38 bits per heavy atom. The fourth-order valence-corrected chi connectivity index (χ4v) is 9.67. The fraction of sp³-hybridized carbons (Fsp3) is 0.388. The first-order valence-corrected chi connectivity index (χ1v) is 22.5. The number of fused-ring (bicyclic) bond motifs is 6. The average molecular weight is 934 g/mol. The van der Waals surface area contributed by atoms with Gasteiger partial charge in [0.25, 0.3) is 5.91 Å². The minimum atomic E-state index is -3.01. The average Bonchev–Trinajstić information content (AvgIpc) is 4.16. The van der Waals surface area contributed by atoms with E-state index in [0.717, 1.165) is 38.7 Å². The molecule has 0 bridgehead atoms. The number of halogens is 2. The van der Waals surface area contributed by atoms with Crippen LogP contribution >= 0.6 is 0 Å². The van der Waals surface area contributed by atoms with E-state index in [-0.39, 0.29) is 43.0 Å². The number of benzene rings is 4. The van der Waals surface area contributed by atoms with Crippen molar-refractivity contribution in [1.29, 1.82) is 0 Å². The molecule has 3 aliphatic heterocycles. The van der Waals surface area contributed by atoms with E-state index in [2.05, 4.69) is 50.5 Å². The maximum atomic E-state index is 14.4. The van der Waals surface area contributed by atoms with Gasteiger partial charge in [-0.15, -0.1) is 0 Å². The van der Waals surface area contributed by atoms with Crippen molar-refractivity contribution >= 4 is 45.8 Å². The molecule has 6 atom stereocenters. The predicted molar refractivity (Wildman–Crippen MR) is 246 cm³/mol. The van der Waals surface area contributed by atoms with Crippen LogP contribution in [0.3, 0.4) is 0 Å². The number of nitrogens with zero attached hydrogens (tertiary/aromatic N) is 5. The van der Waals surface area contributed by atoms with Gasteiger partial charge in [-0.3, -0.25) is 14.5 Å². The Bertz CT molecular complexity index is 2870. The molecule has 4 amide bonds. The minimum absolute atomic E-state index is 0.0701. The first-order valence-electron chi connectivity index (χ1n) is 22.5. The molecule has 2 aromatic heterocycles. The Labute approximate surface area is 390 Å². The highest BCUT2D eigenvalue weighted by atomic mass is 19.3. The summed E-state index contributed by atoms with van der Waals surface area (Å²) in [5.41, 5.74) is 6.42. The van der Waals surface area contributed by atoms with E-state index < -0.39 is 49.6 Å². The van der Waals surface area contributed by atoms with Gasteiger partial charge in [-0.25, -0.2) is 19.6 Å². The SMILES string of the molecule is COC(=O)N[C@H](C(=O)N1[C@H](C)[C@H](C)C[C@H]1c1ncc(-c2ccc3c(c2)COc2cc4c(ccc5[nH]c([C@@H]6CN(COC(F)F)CN6C(=O)[C@H](NC(=O)OC)c6ccccc6)nc54)cc2-3)[nH]1)C(C)C. The van der Waals surface area contributed by atoms with Gasteiger partial charge >= 0.3 is 18.8 Å². The lowest BCUT2D eigenvalue weighted by atomic mass is 9.92. The fourth-order valence-electron chi connectivity index (χ4n) is 9.67. The van der Waals surface area contributed by atoms with Gasteiger partial charge in [-0.1, -0.05) is 69.3 Å². The Morgan fingerprint density at radius 1 is 0.882 bits per heavy atom. The third kappa shape index (κ3) is 8.78. The number of imidazole rings is 2. The Hall–Kier alpha value is -7.12. The van der Waals surface area contributed by atoms with E-state index in [4.69, 9.17) is 24.2 Å². The van der Waals surface area contributed by atoms with Gasteiger partial charge in [-0.2, -0.15) is 8.78 Å². The van der Waals surface area contributed by atoms with Crippen molar-refractivity contribution in [2.45, 2.75) is 77.5 Å². The second kappa shape index (κ2) is 18.9. The van der Waals surface area contributed by atoms with E-state index in [1.165, 1.54) is 19.1 Å². The Balaban J connectivity index is 0.989. The Morgan fingerprint density at radius 2 is 1.65 bits per heavy atom. The number of hydrogen-bond donors (Lipinski definition) is 4. The van der Waals surface area contributed by atoms with Crippen LogP contribution in [0.5, 0.6) is 5.75 Å². The van der Waals surface area contributed by atoms with Gasteiger partial charge in [0.2, 0.25) is 5.91 Å². The number of hydrogen-bond acceptors (Lipinski definition) is 11. The van der Waals surface area contributed by atoms with Gasteiger partial charge in [0.1, 0.15) is 48.9 Å². The smallest absolute Gasteiger partial charge is 0.407 e. The molecule has 356 valence electrons. The highest BCUT2D eigenvalue weighted by molar-refractivity contribution is 6.07. The zero-order valence-corrected chi connectivity index (χ0v) is 38.4. The number of methoxy groups -OCH3 is 2. The maximum absolute atomic E-state index is 14.4. The van der Waals surface area contributed by atoms with Crippen LogP contribution in [0.15, 0.2) is 79.0 Å². The highest BCUT2D eigenvalue weighted by Crippen LogP contribution is 2.44. The van der Waals surface area contributed by atoms with E-state index >= 15 is 0 Å². The molecule has 4 aromatic carbocycles. The van der Waals surface area contributed by atoms with Crippen LogP contribution < -0.4 is 15.4 Å². The number of aromatic nitrogens is 4. The zero-order chi connectivity index (χ0) is 48.0. The molecule has 4 N–H and O–H groups in total. The molecule has 3 aliphatic rings. The van der Waals surface area contributed by atoms with Crippen LogP contribution in [-0.4, -0.2) is 111 Å². The topological polar surface area (TPSA) is 196 Å². The van der Waals surface area contributed by atoms with Crippen LogP contribution in [0.2, 0.25) is 0 Å². The third-order valence-corrected chi connectivity index (χ3v) is 13.4. The molecule has 17 nitrogen and oxygen atoms in total. The van der Waals surface area contributed by atoms with Crippen molar-refractivity contribution in [2.24, 2.45) is 11.8 Å². The lowest BCUT2D eigenvalue weighted by Crippen LogP contribution is -2.53. The van der Waals surface area contributed by atoms with Crippen molar-refractivity contribution in [3.8, 4) is 28.1 Å². The number of ether oxygens (including phenoxy) is 4. The molecule has 68 heavy (non-hydrogen) atoms. The van der Waals surface area contributed by atoms with Crippen molar-refractivity contribution in [3.63, 3.8) is 0 Å². The second-order valence-corrected chi connectivity index (χ2v) is 17.9. The number of nitrogens with one attached hydrogen (secondary N) is 4. The van der Waals surface area contributed by atoms with Crippen LogP contribution in [0.4, 0.5) is 18.4 Å². The molecule has 2 fully saturated rings. The number of rotatable bonds is 12. The largest absolute Gasteiger partial charge is 0.488 e. The standard InChI is InChI=1S/C49H53F2N9O8/c1-25(2)40(56-48(63)65-5)46(62)60-27(4)26(3)16-37(60)43-52-20-36(54-43)30-12-14-32-31(17-30)22-67-39-19-33-29(18-34(32)39)13-15-35-42(33)55-44(53-35)38-21-58(24-68-47(50)51)23-59(38)45(61)41(57-49(64)66-6)28-10-8-7-9-11-28/h7-15,17-20,25-27,37-38,40-41,47H,16,21-24H2,1-6H3,(H,52,54)(H,53,55)(H,56,63)(H,57,64)/t26-,27-,37+,38+,40+,41-/m1/s1.